The second-order valence-electron chi connectivity index (χ2n) is 15.2. The maximum absolute atomic E-state index is 12.6. The Hall–Kier alpha value is -2.58. The highest BCUT2D eigenvalue weighted by atomic mass is 31.2. The van der Waals surface area contributed by atoms with Crippen LogP contribution < -0.4 is 5.73 Å². The molecule has 0 aliphatic heterocycles. The molecule has 0 spiro atoms. The molecule has 0 aromatic carbocycles. The zero-order valence-corrected chi connectivity index (χ0v) is 39.1. The first-order chi connectivity index (χ1) is 29.4. The lowest BCUT2D eigenvalue weighted by molar-refractivity contribution is -0.154. The number of esters is 1. The monoisotopic (exact) mass is 858 g/mol. The lowest BCUT2D eigenvalue weighted by atomic mass is 10.1. The number of hydrogen-bond donors (Lipinski definition) is 2. The fraction of sp³-hybridized carbons (Fsp3) is 0.667. The average Bonchev–Trinajstić information content (AvgIpc) is 3.24. The highest BCUT2D eigenvalue weighted by Crippen LogP contribution is 2.43. The van der Waals surface area contributed by atoms with Gasteiger partial charge in [-0.2, -0.15) is 0 Å². The molecule has 0 saturated carbocycles. The summed E-state index contributed by atoms with van der Waals surface area (Å²) < 4.78 is 33.5. The summed E-state index contributed by atoms with van der Waals surface area (Å²) in [5.41, 5.74) is 5.38. The van der Waals surface area contributed by atoms with Gasteiger partial charge in [0.05, 0.1) is 19.8 Å². The van der Waals surface area contributed by atoms with Crippen LogP contribution in [-0.2, 0) is 27.9 Å². The highest BCUT2D eigenvalue weighted by molar-refractivity contribution is 7.47. The van der Waals surface area contributed by atoms with Crippen LogP contribution >= 0.6 is 7.82 Å². The first-order valence-electron chi connectivity index (χ1n) is 23.7. The molecule has 344 valence electrons. The van der Waals surface area contributed by atoms with Crippen LogP contribution in [0.25, 0.3) is 0 Å². The molecule has 2 atom stereocenters. The average molecular weight is 858 g/mol. The Bertz CT molecular complexity index is 1240. The molecule has 60 heavy (non-hydrogen) atoms. The molecule has 0 aromatic heterocycles. The third kappa shape index (κ3) is 46.5. The highest BCUT2D eigenvalue weighted by Gasteiger charge is 2.25. The van der Waals surface area contributed by atoms with Gasteiger partial charge in [-0.3, -0.25) is 13.8 Å². The van der Waals surface area contributed by atoms with E-state index in [4.69, 9.17) is 24.3 Å². The lowest BCUT2D eigenvalue weighted by Crippen LogP contribution is -2.28. The predicted octanol–water partition coefficient (Wildman–Crippen LogP) is 14.6. The smallest absolute Gasteiger partial charge is 0.457 e. The van der Waals surface area contributed by atoms with Crippen molar-refractivity contribution < 1.29 is 32.8 Å². The molecule has 0 aliphatic rings. The molecular weight excluding hydrogens is 770 g/mol. The van der Waals surface area contributed by atoms with Crippen molar-refractivity contribution in [2.45, 2.75) is 187 Å². The van der Waals surface area contributed by atoms with Crippen LogP contribution in [-0.4, -0.2) is 49.9 Å². The molecule has 0 heterocycles. The zero-order valence-electron chi connectivity index (χ0n) is 38.2. The van der Waals surface area contributed by atoms with Gasteiger partial charge in [-0.05, 0) is 89.9 Å². The number of carbonyl (C=O) groups is 1. The number of hydrogen-bond acceptors (Lipinski definition) is 7. The molecule has 0 fully saturated rings. The normalized spacial score (nSPS) is 14.3. The molecule has 0 saturated heterocycles. The summed E-state index contributed by atoms with van der Waals surface area (Å²) >= 11 is 0. The summed E-state index contributed by atoms with van der Waals surface area (Å²) in [6.45, 7) is 4.64. The minimum Gasteiger partial charge on any atom is -0.457 e. The number of phosphoric ester groups is 1. The summed E-state index contributed by atoms with van der Waals surface area (Å²) in [5, 5.41) is 0. The number of allylic oxidation sites excluding steroid dienone is 16. The van der Waals surface area contributed by atoms with E-state index < -0.39 is 13.9 Å². The molecular formula is C51H88NO7P. The van der Waals surface area contributed by atoms with E-state index in [0.717, 1.165) is 103 Å². The molecule has 2 unspecified atom stereocenters. The van der Waals surface area contributed by atoms with Crippen molar-refractivity contribution in [1.82, 2.24) is 0 Å². The van der Waals surface area contributed by atoms with Gasteiger partial charge < -0.3 is 20.1 Å². The molecule has 3 N–H and O–H groups in total. The molecule has 9 heteroatoms. The van der Waals surface area contributed by atoms with Crippen molar-refractivity contribution in [2.75, 3.05) is 33.0 Å². The van der Waals surface area contributed by atoms with Crippen molar-refractivity contribution in [1.29, 1.82) is 0 Å². The number of carbonyl (C=O) groups excluding carboxylic acids is 1. The summed E-state index contributed by atoms with van der Waals surface area (Å²) in [7, 11) is -4.29. The van der Waals surface area contributed by atoms with E-state index in [9.17, 15) is 14.3 Å². The Morgan fingerprint density at radius 1 is 0.500 bits per heavy atom. The fourth-order valence-corrected chi connectivity index (χ4v) is 6.86. The summed E-state index contributed by atoms with van der Waals surface area (Å²) in [6.07, 6.45) is 62.9. The van der Waals surface area contributed by atoms with Gasteiger partial charge in [0.2, 0.25) is 0 Å². The fourth-order valence-electron chi connectivity index (χ4n) is 6.10. The minimum atomic E-state index is -4.29. The Balaban J connectivity index is 4.02. The van der Waals surface area contributed by atoms with Gasteiger partial charge in [0.15, 0.2) is 0 Å². The number of nitrogens with two attached hydrogens (primary N) is 1. The van der Waals surface area contributed by atoms with E-state index in [0.29, 0.717) is 13.0 Å². The summed E-state index contributed by atoms with van der Waals surface area (Å²) in [6, 6.07) is 0. The van der Waals surface area contributed by atoms with Crippen LogP contribution in [0.5, 0.6) is 0 Å². The van der Waals surface area contributed by atoms with Crippen LogP contribution in [0, 0.1) is 0 Å². The molecule has 0 bridgehead atoms. The van der Waals surface area contributed by atoms with Gasteiger partial charge in [-0.1, -0.05) is 182 Å². The Kier molecular flexibility index (Phi) is 45.4. The first-order valence-corrected chi connectivity index (χ1v) is 25.2. The SMILES string of the molecule is CC/C=C\C/C=C\C/C=C\C/C=C\C/C=C\CCCCCCCCCCCC(=O)OC(COCCCCCCCC/C=C\C/C=C\C/C=C\CC)COP(=O)(O)OCCN. The van der Waals surface area contributed by atoms with Crippen molar-refractivity contribution in [3.63, 3.8) is 0 Å². The van der Waals surface area contributed by atoms with Crippen molar-refractivity contribution >= 4 is 13.8 Å². The Morgan fingerprint density at radius 3 is 1.32 bits per heavy atom. The van der Waals surface area contributed by atoms with Gasteiger partial charge in [0, 0.05) is 19.6 Å². The molecule has 0 aliphatic carbocycles. The topological polar surface area (TPSA) is 117 Å². The largest absolute Gasteiger partial charge is 0.472 e. The van der Waals surface area contributed by atoms with E-state index in [1.807, 2.05) is 0 Å². The minimum absolute atomic E-state index is 0.0916. The molecule has 0 aromatic rings. The Labute approximate surface area is 368 Å². The maximum Gasteiger partial charge on any atom is 0.472 e. The zero-order chi connectivity index (χ0) is 43.7. The van der Waals surface area contributed by atoms with Crippen LogP contribution in [0.1, 0.15) is 181 Å². The van der Waals surface area contributed by atoms with Gasteiger partial charge in [0.1, 0.15) is 6.10 Å². The van der Waals surface area contributed by atoms with E-state index in [1.165, 1.54) is 57.8 Å². The molecule has 0 amide bonds. The number of phosphoric acid groups is 1. The Morgan fingerprint density at radius 2 is 0.883 bits per heavy atom. The number of ether oxygens (including phenoxy) is 2. The standard InChI is InChI=1S/C51H88NO7P/c1-3-5-7-9-11-13-15-17-19-21-22-23-24-25-26-27-28-29-30-32-34-36-38-40-42-44-51(53)59-50(49-58-60(54,55)57-47-45-52)48-56-46-43-41-39-37-35-33-31-20-18-16-14-12-10-8-6-4-2/h5-8,11-14,17-20,22-23,25-26,50H,3-4,9-10,15-16,21,24,27-49,52H2,1-2H3,(H,54,55)/b7-5-,8-6-,13-11-,14-12-,19-17-,20-18-,23-22-,26-25-. The predicted molar refractivity (Wildman–Crippen MR) is 256 cm³/mol. The van der Waals surface area contributed by atoms with Crippen LogP contribution in [0.4, 0.5) is 0 Å². The van der Waals surface area contributed by atoms with Gasteiger partial charge in [-0.25, -0.2) is 4.57 Å². The van der Waals surface area contributed by atoms with Crippen LogP contribution in [0.2, 0.25) is 0 Å². The number of unbranched alkanes of at least 4 members (excludes halogenated alkanes) is 15. The quantitative estimate of drug-likeness (QED) is 0.0269. The van der Waals surface area contributed by atoms with E-state index >= 15 is 0 Å². The first kappa shape index (κ1) is 57.4. The molecule has 8 nitrogen and oxygen atoms in total. The molecule has 0 radical (unpaired) electrons. The van der Waals surface area contributed by atoms with Crippen molar-refractivity contribution in [3.8, 4) is 0 Å². The molecule has 0 rings (SSSR count). The van der Waals surface area contributed by atoms with Gasteiger partial charge >= 0.3 is 13.8 Å². The van der Waals surface area contributed by atoms with Gasteiger partial charge in [0.25, 0.3) is 0 Å². The van der Waals surface area contributed by atoms with Crippen LogP contribution in [0.3, 0.4) is 0 Å². The second kappa shape index (κ2) is 47.5. The van der Waals surface area contributed by atoms with E-state index in [-0.39, 0.29) is 32.3 Å². The lowest BCUT2D eigenvalue weighted by Gasteiger charge is -2.20. The maximum atomic E-state index is 12.6. The van der Waals surface area contributed by atoms with Gasteiger partial charge in [-0.15, -0.1) is 0 Å². The van der Waals surface area contributed by atoms with Crippen molar-refractivity contribution in [3.05, 3.63) is 97.2 Å². The van der Waals surface area contributed by atoms with E-state index in [2.05, 4.69) is 111 Å². The number of rotatable bonds is 44. The second-order valence-corrected chi connectivity index (χ2v) is 16.7. The third-order valence-corrected chi connectivity index (χ3v) is 10.5. The van der Waals surface area contributed by atoms with E-state index in [1.54, 1.807) is 0 Å². The third-order valence-electron chi connectivity index (χ3n) is 9.50. The van der Waals surface area contributed by atoms with Crippen molar-refractivity contribution in [2.24, 2.45) is 5.73 Å². The summed E-state index contributed by atoms with van der Waals surface area (Å²) in [4.78, 5) is 22.6. The van der Waals surface area contributed by atoms with Crippen LogP contribution in [0.15, 0.2) is 97.2 Å². The summed E-state index contributed by atoms with van der Waals surface area (Å²) in [5.74, 6) is -0.346.